The number of carbonyl (C=O) groups is 1. The highest BCUT2D eigenvalue weighted by Gasteiger charge is 2.17. The molecule has 2 heterocycles. The van der Waals surface area contributed by atoms with Gasteiger partial charge in [0.05, 0.1) is 35.2 Å². The predicted molar refractivity (Wildman–Crippen MR) is 113 cm³/mol. The average Bonchev–Trinajstić information content (AvgIpc) is 3.18. The van der Waals surface area contributed by atoms with Crippen LogP contribution < -0.4 is 5.32 Å². The summed E-state index contributed by atoms with van der Waals surface area (Å²) in [5, 5.41) is 8.09. The minimum Gasteiger partial charge on any atom is -0.345 e. The molecule has 29 heavy (non-hydrogen) atoms. The maximum atomic E-state index is 13.2. The Morgan fingerprint density at radius 2 is 1.93 bits per heavy atom. The van der Waals surface area contributed by atoms with E-state index in [2.05, 4.69) is 21.5 Å². The van der Waals surface area contributed by atoms with E-state index < -0.39 is 0 Å². The molecule has 4 rings (SSSR count). The van der Waals surface area contributed by atoms with E-state index in [0.717, 1.165) is 10.5 Å². The van der Waals surface area contributed by atoms with Gasteiger partial charge in [0.2, 0.25) is 0 Å². The predicted octanol–water partition coefficient (Wildman–Crippen LogP) is 4.77. The summed E-state index contributed by atoms with van der Waals surface area (Å²) in [4.78, 5) is 18.3. The Hall–Kier alpha value is -3.19. The summed E-state index contributed by atoms with van der Waals surface area (Å²) >= 11 is 1.66. The van der Waals surface area contributed by atoms with Crippen LogP contribution in [0.4, 0.5) is 4.39 Å². The van der Waals surface area contributed by atoms with Gasteiger partial charge in [-0.1, -0.05) is 12.1 Å². The van der Waals surface area contributed by atoms with Crippen molar-refractivity contribution in [3.05, 3.63) is 84.1 Å². The topological polar surface area (TPSA) is 59.8 Å². The molecule has 5 nitrogen and oxygen atoms in total. The summed E-state index contributed by atoms with van der Waals surface area (Å²) in [6.07, 6.45) is 6.84. The Morgan fingerprint density at radius 3 is 2.69 bits per heavy atom. The quantitative estimate of drug-likeness (QED) is 0.485. The van der Waals surface area contributed by atoms with Crippen LogP contribution >= 0.6 is 11.8 Å². The molecule has 2 aromatic heterocycles. The van der Waals surface area contributed by atoms with E-state index >= 15 is 0 Å². The van der Waals surface area contributed by atoms with Crippen molar-refractivity contribution in [2.75, 3.05) is 6.26 Å². The third-order valence-electron chi connectivity index (χ3n) is 4.75. The molecule has 146 valence electrons. The number of nitrogens with zero attached hydrogens (tertiary/aromatic N) is 3. The summed E-state index contributed by atoms with van der Waals surface area (Å²) in [6, 6.07) is 13.9. The maximum Gasteiger partial charge on any atom is 0.254 e. The summed E-state index contributed by atoms with van der Waals surface area (Å²) in [5.74, 6) is -0.535. The van der Waals surface area contributed by atoms with Crippen LogP contribution in [0.5, 0.6) is 0 Å². The second-order valence-corrected chi connectivity index (χ2v) is 7.50. The number of aromatic nitrogens is 3. The number of hydrogen-bond acceptors (Lipinski definition) is 4. The van der Waals surface area contributed by atoms with Crippen molar-refractivity contribution in [1.82, 2.24) is 20.1 Å². The van der Waals surface area contributed by atoms with Gasteiger partial charge >= 0.3 is 0 Å². The maximum absolute atomic E-state index is 13.2. The Labute approximate surface area is 172 Å². The lowest BCUT2D eigenvalue weighted by Gasteiger charge is -2.15. The highest BCUT2D eigenvalue weighted by atomic mass is 32.2. The summed E-state index contributed by atoms with van der Waals surface area (Å²) in [5.41, 5.74) is 2.86. The first kappa shape index (κ1) is 19.1. The summed E-state index contributed by atoms with van der Waals surface area (Å²) < 4.78 is 14.9. The minimum absolute atomic E-state index is 0.156. The van der Waals surface area contributed by atoms with Crippen molar-refractivity contribution in [3.8, 4) is 5.69 Å². The van der Waals surface area contributed by atoms with Gasteiger partial charge in [0.15, 0.2) is 0 Å². The van der Waals surface area contributed by atoms with Crippen LogP contribution in [0, 0.1) is 5.82 Å². The van der Waals surface area contributed by atoms with Crippen LogP contribution in [0.15, 0.2) is 72.0 Å². The molecule has 1 unspecified atom stereocenters. The third kappa shape index (κ3) is 3.86. The Bertz CT molecular complexity index is 1170. The lowest BCUT2D eigenvalue weighted by Crippen LogP contribution is -2.27. The second-order valence-electron chi connectivity index (χ2n) is 6.62. The third-order valence-corrected chi connectivity index (χ3v) is 5.48. The van der Waals surface area contributed by atoms with Crippen LogP contribution in [-0.2, 0) is 0 Å². The Kier molecular flexibility index (Phi) is 5.31. The van der Waals surface area contributed by atoms with Crippen LogP contribution in [0.1, 0.15) is 28.9 Å². The van der Waals surface area contributed by atoms with Gasteiger partial charge in [-0.15, -0.1) is 11.8 Å². The molecule has 1 N–H and O–H groups in total. The van der Waals surface area contributed by atoms with Crippen molar-refractivity contribution in [2.45, 2.75) is 17.9 Å². The lowest BCUT2D eigenvalue weighted by atomic mass is 10.1. The van der Waals surface area contributed by atoms with E-state index in [1.54, 1.807) is 47.2 Å². The van der Waals surface area contributed by atoms with Gasteiger partial charge in [0.1, 0.15) is 5.82 Å². The average molecular weight is 406 g/mol. The monoisotopic (exact) mass is 406 g/mol. The number of thioether (sulfide) groups is 1. The molecule has 1 atom stereocenters. The fourth-order valence-electron chi connectivity index (χ4n) is 3.18. The van der Waals surface area contributed by atoms with Crippen LogP contribution in [0.2, 0.25) is 0 Å². The van der Waals surface area contributed by atoms with Crippen molar-refractivity contribution in [3.63, 3.8) is 0 Å². The molecule has 4 aromatic rings. The number of hydrogen-bond donors (Lipinski definition) is 1. The first-order chi connectivity index (χ1) is 14.1. The molecule has 0 spiro atoms. The molecule has 0 aliphatic rings. The standard InChI is InChI=1S/C22H19FN4OS/c1-14(15-4-3-5-18(10-15)29-2)26-22(28)20-11-24-13-21-19(20)12-25-27(21)17-8-6-16(23)7-9-17/h3-14H,1-2H3,(H,26,28). The molecular weight excluding hydrogens is 387 g/mol. The van der Waals surface area contributed by atoms with Crippen molar-refractivity contribution in [1.29, 1.82) is 0 Å². The minimum atomic E-state index is -0.317. The molecule has 1 amide bonds. The molecule has 0 saturated heterocycles. The Balaban J connectivity index is 1.63. The number of benzene rings is 2. The van der Waals surface area contributed by atoms with Gasteiger partial charge in [0, 0.05) is 16.5 Å². The fraction of sp³-hybridized carbons (Fsp3) is 0.136. The SMILES string of the molecule is CSc1cccc(C(C)NC(=O)c2cncc3c2cnn3-c2ccc(F)cc2)c1. The zero-order valence-corrected chi connectivity index (χ0v) is 16.8. The lowest BCUT2D eigenvalue weighted by molar-refractivity contribution is 0.0941. The highest BCUT2D eigenvalue weighted by Crippen LogP contribution is 2.23. The molecule has 0 fully saturated rings. The number of pyridine rings is 1. The van der Waals surface area contributed by atoms with Crippen molar-refractivity contribution >= 4 is 28.6 Å². The van der Waals surface area contributed by atoms with E-state index in [9.17, 15) is 9.18 Å². The number of carbonyl (C=O) groups excluding carboxylic acids is 1. The highest BCUT2D eigenvalue weighted by molar-refractivity contribution is 7.98. The zero-order valence-electron chi connectivity index (χ0n) is 16.0. The summed E-state index contributed by atoms with van der Waals surface area (Å²) in [6.45, 7) is 1.95. The molecule has 0 radical (unpaired) electrons. The van der Waals surface area contributed by atoms with E-state index in [-0.39, 0.29) is 17.8 Å². The van der Waals surface area contributed by atoms with Gasteiger partial charge in [-0.25, -0.2) is 9.07 Å². The normalized spacial score (nSPS) is 12.1. The van der Waals surface area contributed by atoms with Crippen molar-refractivity contribution < 1.29 is 9.18 Å². The summed E-state index contributed by atoms with van der Waals surface area (Å²) in [7, 11) is 0. The van der Waals surface area contributed by atoms with E-state index in [1.807, 2.05) is 31.4 Å². The zero-order chi connectivity index (χ0) is 20.4. The van der Waals surface area contributed by atoms with E-state index in [4.69, 9.17) is 0 Å². The van der Waals surface area contributed by atoms with Gasteiger partial charge in [-0.3, -0.25) is 9.78 Å². The van der Waals surface area contributed by atoms with Crippen LogP contribution in [0.25, 0.3) is 16.6 Å². The number of amides is 1. The number of halogens is 1. The number of nitrogens with one attached hydrogen (secondary N) is 1. The molecule has 2 aromatic carbocycles. The van der Waals surface area contributed by atoms with Gasteiger partial charge < -0.3 is 5.32 Å². The van der Waals surface area contributed by atoms with Gasteiger partial charge in [-0.05, 0) is 55.1 Å². The van der Waals surface area contributed by atoms with E-state index in [0.29, 0.717) is 22.2 Å². The van der Waals surface area contributed by atoms with E-state index in [1.165, 1.54) is 12.1 Å². The molecule has 0 saturated carbocycles. The largest absolute Gasteiger partial charge is 0.345 e. The van der Waals surface area contributed by atoms with Crippen LogP contribution in [-0.4, -0.2) is 26.9 Å². The number of rotatable bonds is 5. The van der Waals surface area contributed by atoms with Gasteiger partial charge in [0.25, 0.3) is 5.91 Å². The van der Waals surface area contributed by atoms with Gasteiger partial charge in [-0.2, -0.15) is 5.10 Å². The smallest absolute Gasteiger partial charge is 0.254 e. The van der Waals surface area contributed by atoms with Crippen LogP contribution in [0.3, 0.4) is 0 Å². The number of fused-ring (bicyclic) bond motifs is 1. The first-order valence-corrected chi connectivity index (χ1v) is 10.3. The molecule has 0 aliphatic carbocycles. The molecule has 7 heteroatoms. The molecular formula is C22H19FN4OS. The fourth-order valence-corrected chi connectivity index (χ4v) is 3.65. The molecule has 0 aliphatic heterocycles. The first-order valence-electron chi connectivity index (χ1n) is 9.09. The van der Waals surface area contributed by atoms with Crippen molar-refractivity contribution in [2.24, 2.45) is 0 Å². The molecule has 0 bridgehead atoms. The second kappa shape index (κ2) is 8.05. The Morgan fingerprint density at radius 1 is 1.14 bits per heavy atom.